The van der Waals surface area contributed by atoms with Gasteiger partial charge in [-0.15, -0.1) is 0 Å². The highest BCUT2D eigenvalue weighted by Crippen LogP contribution is 2.13. The minimum Gasteiger partial charge on any atom is -0.475 e. The van der Waals surface area contributed by atoms with Crippen molar-refractivity contribution in [2.75, 3.05) is 32.5 Å². The van der Waals surface area contributed by atoms with Crippen LogP contribution in [0, 0.1) is 6.92 Å². The molecule has 0 aliphatic rings. The number of anilines is 1. The zero-order chi connectivity index (χ0) is 14.3. The molecule has 0 unspecified atom stereocenters. The predicted octanol–water partition coefficient (Wildman–Crippen LogP) is 2.33. The Balaban J connectivity index is 2.42. The number of hydrogen-bond acceptors (Lipinski definition) is 5. The Morgan fingerprint density at radius 2 is 2.00 bits per heavy atom. The minimum absolute atomic E-state index is 0.127. The van der Waals surface area contributed by atoms with Crippen LogP contribution in [0.3, 0.4) is 0 Å². The standard InChI is InChI=1S/C14H26N4O/c1-11(2)19-13-10-12(3)16-14(17-13)15-8-6-7-9-18(4)5/h10-11H,6-9H2,1-5H3,(H,15,16,17). The molecule has 0 amide bonds. The summed E-state index contributed by atoms with van der Waals surface area (Å²) in [6.45, 7) is 7.93. The van der Waals surface area contributed by atoms with Crippen LogP contribution >= 0.6 is 0 Å². The van der Waals surface area contributed by atoms with E-state index in [-0.39, 0.29) is 6.10 Å². The number of aromatic nitrogens is 2. The number of rotatable bonds is 8. The molecule has 1 N–H and O–H groups in total. The van der Waals surface area contributed by atoms with Crippen LogP contribution in [0.4, 0.5) is 5.95 Å². The lowest BCUT2D eigenvalue weighted by Crippen LogP contribution is -2.15. The monoisotopic (exact) mass is 266 g/mol. The molecule has 0 aliphatic carbocycles. The summed E-state index contributed by atoms with van der Waals surface area (Å²) >= 11 is 0. The molecular formula is C14H26N4O. The van der Waals surface area contributed by atoms with Gasteiger partial charge in [0.2, 0.25) is 11.8 Å². The molecule has 0 aromatic carbocycles. The van der Waals surface area contributed by atoms with Crippen LogP contribution in [-0.2, 0) is 0 Å². The third-order valence-electron chi connectivity index (χ3n) is 2.50. The van der Waals surface area contributed by atoms with Crippen molar-refractivity contribution in [3.05, 3.63) is 11.8 Å². The quantitative estimate of drug-likeness (QED) is 0.732. The van der Waals surface area contributed by atoms with E-state index in [9.17, 15) is 0 Å². The van der Waals surface area contributed by atoms with Crippen molar-refractivity contribution in [3.63, 3.8) is 0 Å². The van der Waals surface area contributed by atoms with Crippen molar-refractivity contribution in [3.8, 4) is 5.88 Å². The molecule has 0 aliphatic heterocycles. The summed E-state index contributed by atoms with van der Waals surface area (Å²) in [7, 11) is 4.18. The lowest BCUT2D eigenvalue weighted by Gasteiger charge is -2.12. The Morgan fingerprint density at radius 1 is 1.26 bits per heavy atom. The van der Waals surface area contributed by atoms with E-state index in [0.29, 0.717) is 11.8 Å². The largest absolute Gasteiger partial charge is 0.475 e. The lowest BCUT2D eigenvalue weighted by atomic mass is 10.3. The topological polar surface area (TPSA) is 50.3 Å². The zero-order valence-electron chi connectivity index (χ0n) is 12.7. The first kappa shape index (κ1) is 15.7. The SMILES string of the molecule is Cc1cc(OC(C)C)nc(NCCCCN(C)C)n1. The Bertz CT molecular complexity index is 380. The molecule has 0 spiro atoms. The van der Waals surface area contributed by atoms with Crippen molar-refractivity contribution >= 4 is 5.95 Å². The van der Waals surface area contributed by atoms with E-state index in [2.05, 4.69) is 34.3 Å². The maximum atomic E-state index is 5.60. The second-order valence-electron chi connectivity index (χ2n) is 5.27. The van der Waals surface area contributed by atoms with Crippen molar-refractivity contribution < 1.29 is 4.74 Å². The van der Waals surface area contributed by atoms with Crippen LogP contribution in [0.25, 0.3) is 0 Å². The van der Waals surface area contributed by atoms with Gasteiger partial charge in [-0.05, 0) is 54.3 Å². The summed E-state index contributed by atoms with van der Waals surface area (Å²) in [4.78, 5) is 10.9. The van der Waals surface area contributed by atoms with E-state index < -0.39 is 0 Å². The first-order valence-corrected chi connectivity index (χ1v) is 6.88. The Labute approximate surface area is 116 Å². The molecule has 1 heterocycles. The summed E-state index contributed by atoms with van der Waals surface area (Å²) in [5.41, 5.74) is 0.918. The van der Waals surface area contributed by atoms with Crippen LogP contribution in [-0.4, -0.2) is 48.2 Å². The molecule has 0 bridgehead atoms. The molecule has 0 radical (unpaired) electrons. The van der Waals surface area contributed by atoms with E-state index in [4.69, 9.17) is 4.74 Å². The summed E-state index contributed by atoms with van der Waals surface area (Å²) in [5.74, 6) is 1.29. The van der Waals surface area contributed by atoms with E-state index in [1.165, 1.54) is 6.42 Å². The van der Waals surface area contributed by atoms with Gasteiger partial charge in [0.15, 0.2) is 0 Å². The van der Waals surface area contributed by atoms with Crippen molar-refractivity contribution in [2.24, 2.45) is 0 Å². The maximum Gasteiger partial charge on any atom is 0.226 e. The molecule has 0 atom stereocenters. The van der Waals surface area contributed by atoms with E-state index in [0.717, 1.165) is 25.2 Å². The Kier molecular flexibility index (Phi) is 6.56. The van der Waals surface area contributed by atoms with Gasteiger partial charge in [0.1, 0.15) is 0 Å². The smallest absolute Gasteiger partial charge is 0.226 e. The molecule has 108 valence electrons. The number of aryl methyl sites for hydroxylation is 1. The van der Waals surface area contributed by atoms with Crippen LogP contribution in [0.2, 0.25) is 0 Å². The molecule has 0 fully saturated rings. The summed E-state index contributed by atoms with van der Waals surface area (Å²) in [6, 6.07) is 1.86. The molecule has 1 rings (SSSR count). The van der Waals surface area contributed by atoms with Crippen LogP contribution in [0.15, 0.2) is 6.07 Å². The van der Waals surface area contributed by atoms with E-state index in [1.54, 1.807) is 0 Å². The number of ether oxygens (including phenoxy) is 1. The van der Waals surface area contributed by atoms with Crippen LogP contribution in [0.1, 0.15) is 32.4 Å². The minimum atomic E-state index is 0.127. The highest BCUT2D eigenvalue weighted by atomic mass is 16.5. The summed E-state index contributed by atoms with van der Waals surface area (Å²) in [6.07, 6.45) is 2.40. The van der Waals surface area contributed by atoms with Crippen molar-refractivity contribution in [1.29, 1.82) is 0 Å². The van der Waals surface area contributed by atoms with Gasteiger partial charge in [-0.2, -0.15) is 4.98 Å². The first-order valence-electron chi connectivity index (χ1n) is 6.88. The molecule has 1 aromatic heterocycles. The maximum absolute atomic E-state index is 5.60. The second kappa shape index (κ2) is 7.94. The summed E-state index contributed by atoms with van der Waals surface area (Å²) < 4.78 is 5.60. The number of hydrogen-bond donors (Lipinski definition) is 1. The fourth-order valence-corrected chi connectivity index (χ4v) is 1.67. The average molecular weight is 266 g/mol. The molecule has 0 saturated heterocycles. The van der Waals surface area contributed by atoms with Gasteiger partial charge in [-0.25, -0.2) is 4.98 Å². The third-order valence-corrected chi connectivity index (χ3v) is 2.50. The molecular weight excluding hydrogens is 240 g/mol. The van der Waals surface area contributed by atoms with E-state index in [1.807, 2.05) is 26.8 Å². The number of unbranched alkanes of at least 4 members (excludes halogenated alkanes) is 1. The fraction of sp³-hybridized carbons (Fsp3) is 0.714. The zero-order valence-corrected chi connectivity index (χ0v) is 12.7. The highest BCUT2D eigenvalue weighted by molar-refractivity contribution is 5.30. The first-order chi connectivity index (χ1) is 8.97. The lowest BCUT2D eigenvalue weighted by molar-refractivity contribution is 0.232. The molecule has 5 heteroatoms. The number of nitrogens with zero attached hydrogens (tertiary/aromatic N) is 3. The average Bonchev–Trinajstić information content (AvgIpc) is 2.26. The third kappa shape index (κ3) is 6.96. The fourth-order valence-electron chi connectivity index (χ4n) is 1.67. The normalized spacial score (nSPS) is 11.1. The van der Waals surface area contributed by atoms with Gasteiger partial charge in [0.05, 0.1) is 6.10 Å². The van der Waals surface area contributed by atoms with Gasteiger partial charge in [-0.1, -0.05) is 0 Å². The molecule has 1 aromatic rings. The van der Waals surface area contributed by atoms with Gasteiger partial charge in [0.25, 0.3) is 0 Å². The van der Waals surface area contributed by atoms with Crippen LogP contribution < -0.4 is 10.1 Å². The molecule has 0 saturated carbocycles. The summed E-state index contributed by atoms with van der Waals surface area (Å²) in [5, 5.41) is 3.25. The van der Waals surface area contributed by atoms with Gasteiger partial charge < -0.3 is 15.0 Å². The molecule has 19 heavy (non-hydrogen) atoms. The molecule has 5 nitrogen and oxygen atoms in total. The van der Waals surface area contributed by atoms with Gasteiger partial charge >= 0.3 is 0 Å². The number of nitrogens with one attached hydrogen (secondary N) is 1. The second-order valence-corrected chi connectivity index (χ2v) is 5.27. The Morgan fingerprint density at radius 3 is 2.63 bits per heavy atom. The highest BCUT2D eigenvalue weighted by Gasteiger charge is 2.04. The Hall–Kier alpha value is -1.36. The van der Waals surface area contributed by atoms with Crippen molar-refractivity contribution in [1.82, 2.24) is 14.9 Å². The predicted molar refractivity (Wildman–Crippen MR) is 78.8 cm³/mol. The van der Waals surface area contributed by atoms with E-state index >= 15 is 0 Å². The van der Waals surface area contributed by atoms with Crippen molar-refractivity contribution in [2.45, 2.75) is 39.7 Å². The van der Waals surface area contributed by atoms with Gasteiger partial charge in [-0.3, -0.25) is 0 Å². The van der Waals surface area contributed by atoms with Gasteiger partial charge in [0, 0.05) is 18.3 Å². The van der Waals surface area contributed by atoms with Crippen LogP contribution in [0.5, 0.6) is 5.88 Å².